The van der Waals surface area contributed by atoms with Gasteiger partial charge in [-0.1, -0.05) is 26.8 Å². The normalized spacial score (nSPS) is 25.2. The summed E-state index contributed by atoms with van der Waals surface area (Å²) in [7, 11) is 0. The first-order valence-electron chi connectivity index (χ1n) is 7.37. The molecule has 0 spiro atoms. The smallest absolute Gasteiger partial charge is 0.314 e. The van der Waals surface area contributed by atoms with Crippen LogP contribution >= 0.6 is 0 Å². The van der Waals surface area contributed by atoms with Gasteiger partial charge in [-0.2, -0.15) is 0 Å². The Hall–Kier alpha value is -1.51. The maximum atomic E-state index is 12.3. The Balaban J connectivity index is 2.02. The van der Waals surface area contributed by atoms with Crippen LogP contribution in [0.25, 0.3) is 0 Å². The van der Waals surface area contributed by atoms with Gasteiger partial charge < -0.3 is 10.5 Å². The van der Waals surface area contributed by atoms with Crippen LogP contribution in [0.15, 0.2) is 18.2 Å². The molecule has 20 heavy (non-hydrogen) atoms. The van der Waals surface area contributed by atoms with Crippen LogP contribution in [0.1, 0.15) is 45.6 Å². The van der Waals surface area contributed by atoms with E-state index >= 15 is 0 Å². The van der Waals surface area contributed by atoms with E-state index in [1.54, 1.807) is 6.07 Å². The van der Waals surface area contributed by atoms with Crippen LogP contribution in [-0.2, 0) is 4.79 Å². The third-order valence-corrected chi connectivity index (χ3v) is 4.82. The fraction of sp³-hybridized carbons (Fsp3) is 0.588. The maximum absolute atomic E-state index is 12.3. The zero-order valence-electron chi connectivity index (χ0n) is 12.9. The molecule has 2 rings (SSSR count). The topological polar surface area (TPSA) is 52.3 Å². The largest absolute Gasteiger partial charge is 0.424 e. The van der Waals surface area contributed by atoms with Crippen molar-refractivity contribution < 1.29 is 9.53 Å². The molecule has 1 aliphatic rings. The Labute approximate surface area is 121 Å². The number of carbonyl (C=O) groups excluding carboxylic acids is 1. The molecule has 3 nitrogen and oxygen atoms in total. The summed E-state index contributed by atoms with van der Waals surface area (Å²) in [6.45, 7) is 8.74. The second-order valence-electron chi connectivity index (χ2n) is 6.82. The van der Waals surface area contributed by atoms with Crippen molar-refractivity contribution in [3.05, 3.63) is 23.8 Å². The van der Waals surface area contributed by atoms with Crippen molar-refractivity contribution in [2.45, 2.75) is 47.0 Å². The molecule has 0 aliphatic heterocycles. The van der Waals surface area contributed by atoms with Crippen LogP contribution in [0.3, 0.4) is 0 Å². The molecule has 110 valence electrons. The van der Waals surface area contributed by atoms with E-state index in [1.165, 1.54) is 0 Å². The van der Waals surface area contributed by atoms with E-state index < -0.39 is 0 Å². The zero-order chi connectivity index (χ0) is 14.9. The average molecular weight is 275 g/mol. The van der Waals surface area contributed by atoms with Gasteiger partial charge in [0.2, 0.25) is 0 Å². The van der Waals surface area contributed by atoms with E-state index in [0.717, 1.165) is 24.8 Å². The van der Waals surface area contributed by atoms with E-state index in [1.807, 2.05) is 19.1 Å². The minimum Gasteiger partial charge on any atom is -0.424 e. The lowest BCUT2D eigenvalue weighted by molar-refractivity contribution is -0.141. The lowest BCUT2D eigenvalue weighted by Gasteiger charge is -2.39. The van der Waals surface area contributed by atoms with Crippen molar-refractivity contribution in [3.63, 3.8) is 0 Å². The molecule has 2 N–H and O–H groups in total. The van der Waals surface area contributed by atoms with Crippen LogP contribution in [-0.4, -0.2) is 5.97 Å². The van der Waals surface area contributed by atoms with Crippen molar-refractivity contribution in [1.29, 1.82) is 0 Å². The highest BCUT2D eigenvalue weighted by Crippen LogP contribution is 2.43. The van der Waals surface area contributed by atoms with E-state index in [4.69, 9.17) is 10.5 Å². The number of ether oxygens (including phenoxy) is 1. The monoisotopic (exact) mass is 275 g/mol. The molecule has 1 saturated carbocycles. The van der Waals surface area contributed by atoms with Gasteiger partial charge in [-0.05, 0) is 55.2 Å². The number of esters is 1. The summed E-state index contributed by atoms with van der Waals surface area (Å²) in [5, 5.41) is 0. The van der Waals surface area contributed by atoms with Crippen molar-refractivity contribution >= 4 is 11.7 Å². The first-order chi connectivity index (χ1) is 9.29. The number of nitrogens with two attached hydrogens (primary N) is 1. The summed E-state index contributed by atoms with van der Waals surface area (Å²) in [5.41, 5.74) is 7.81. The Kier molecular flexibility index (Phi) is 4.07. The maximum Gasteiger partial charge on any atom is 0.314 e. The minimum absolute atomic E-state index is 0.00118. The molecule has 2 unspecified atom stereocenters. The third kappa shape index (κ3) is 3.14. The number of anilines is 1. The highest BCUT2D eigenvalue weighted by atomic mass is 16.5. The Morgan fingerprint density at radius 2 is 2.10 bits per heavy atom. The molecule has 3 heteroatoms. The molecular weight excluding hydrogens is 250 g/mol. The van der Waals surface area contributed by atoms with Crippen LogP contribution in [0, 0.1) is 24.2 Å². The molecule has 0 saturated heterocycles. The van der Waals surface area contributed by atoms with Gasteiger partial charge in [0.1, 0.15) is 0 Å². The van der Waals surface area contributed by atoms with Crippen LogP contribution in [0.5, 0.6) is 5.75 Å². The van der Waals surface area contributed by atoms with E-state index in [0.29, 0.717) is 22.8 Å². The number of hydrogen-bond acceptors (Lipinski definition) is 3. The minimum atomic E-state index is -0.136. The van der Waals surface area contributed by atoms with Crippen LogP contribution in [0.2, 0.25) is 0 Å². The molecule has 2 atom stereocenters. The number of rotatable bonds is 2. The zero-order valence-corrected chi connectivity index (χ0v) is 12.9. The number of nitrogen functional groups attached to an aromatic ring is 1. The van der Waals surface area contributed by atoms with Gasteiger partial charge in [0.05, 0.1) is 11.6 Å². The summed E-state index contributed by atoms with van der Waals surface area (Å²) in [4.78, 5) is 12.3. The molecular formula is C17H25NO2. The summed E-state index contributed by atoms with van der Waals surface area (Å²) < 4.78 is 5.49. The van der Waals surface area contributed by atoms with Gasteiger partial charge in [0, 0.05) is 0 Å². The van der Waals surface area contributed by atoms with Gasteiger partial charge in [0.25, 0.3) is 0 Å². The quantitative estimate of drug-likeness (QED) is 0.505. The predicted molar refractivity (Wildman–Crippen MR) is 81.5 cm³/mol. The summed E-state index contributed by atoms with van der Waals surface area (Å²) in [6, 6.07) is 5.51. The van der Waals surface area contributed by atoms with Gasteiger partial charge >= 0.3 is 5.97 Å². The molecule has 0 radical (unpaired) electrons. The second-order valence-corrected chi connectivity index (χ2v) is 6.82. The highest BCUT2D eigenvalue weighted by molar-refractivity contribution is 5.77. The van der Waals surface area contributed by atoms with Gasteiger partial charge in [-0.3, -0.25) is 4.79 Å². The molecule has 0 amide bonds. The van der Waals surface area contributed by atoms with Gasteiger partial charge in [-0.25, -0.2) is 0 Å². The Bertz CT molecular complexity index is 508. The first kappa shape index (κ1) is 14.9. The van der Waals surface area contributed by atoms with Gasteiger partial charge in [-0.15, -0.1) is 0 Å². The number of hydrogen-bond donors (Lipinski definition) is 1. The number of carbonyl (C=O) groups is 1. The van der Waals surface area contributed by atoms with Crippen molar-refractivity contribution in [3.8, 4) is 5.75 Å². The molecule has 0 heterocycles. The van der Waals surface area contributed by atoms with Gasteiger partial charge in [0.15, 0.2) is 5.75 Å². The molecule has 1 aromatic rings. The summed E-state index contributed by atoms with van der Waals surface area (Å²) in [6.07, 6.45) is 2.87. The Morgan fingerprint density at radius 1 is 1.40 bits per heavy atom. The van der Waals surface area contributed by atoms with E-state index in [9.17, 15) is 4.79 Å². The van der Waals surface area contributed by atoms with Crippen LogP contribution in [0.4, 0.5) is 5.69 Å². The standard InChI is InChI=1S/C17H25NO2/c1-11-5-6-15(14(18)9-11)20-16(19)13-7-8-17(3,4)12(2)10-13/h5-6,9,12-13H,7-8,10,18H2,1-4H3. The van der Waals surface area contributed by atoms with Crippen LogP contribution < -0.4 is 10.5 Å². The third-order valence-electron chi connectivity index (χ3n) is 4.82. The lowest BCUT2D eigenvalue weighted by atomic mass is 9.66. The first-order valence-corrected chi connectivity index (χ1v) is 7.37. The predicted octanol–water partition coefficient (Wildman–Crippen LogP) is 3.95. The number of benzene rings is 1. The van der Waals surface area contributed by atoms with E-state index in [-0.39, 0.29) is 11.9 Å². The van der Waals surface area contributed by atoms with E-state index in [2.05, 4.69) is 20.8 Å². The molecule has 1 fully saturated rings. The molecule has 0 bridgehead atoms. The van der Waals surface area contributed by atoms with Crippen molar-refractivity contribution in [1.82, 2.24) is 0 Å². The summed E-state index contributed by atoms with van der Waals surface area (Å²) >= 11 is 0. The Morgan fingerprint density at radius 3 is 2.70 bits per heavy atom. The molecule has 1 aromatic carbocycles. The van der Waals surface area contributed by atoms with Crippen molar-refractivity contribution in [2.24, 2.45) is 17.3 Å². The second kappa shape index (κ2) is 5.47. The molecule has 0 aromatic heterocycles. The lowest BCUT2D eigenvalue weighted by Crippen LogP contribution is -2.34. The highest BCUT2D eigenvalue weighted by Gasteiger charge is 2.37. The fourth-order valence-corrected chi connectivity index (χ4v) is 2.82. The summed E-state index contributed by atoms with van der Waals surface area (Å²) in [5.74, 6) is 0.879. The fourth-order valence-electron chi connectivity index (χ4n) is 2.82. The number of aryl methyl sites for hydroxylation is 1. The average Bonchev–Trinajstić information content (AvgIpc) is 2.36. The SMILES string of the molecule is Cc1ccc(OC(=O)C2CCC(C)(C)C(C)C2)c(N)c1. The molecule has 1 aliphatic carbocycles. The van der Waals surface area contributed by atoms with Crippen molar-refractivity contribution in [2.75, 3.05) is 5.73 Å².